The van der Waals surface area contributed by atoms with Crippen LogP contribution in [-0.4, -0.2) is 40.9 Å². The number of nitrogens with one attached hydrogen (secondary N) is 1. The molecule has 1 aromatic carbocycles. The molecule has 2 aromatic heterocycles. The first-order valence-electron chi connectivity index (χ1n) is 7.68. The summed E-state index contributed by atoms with van der Waals surface area (Å²) in [7, 11) is 3.02. The number of amides is 1. The average molecular weight is 342 g/mol. The minimum atomic E-state index is -0.312. The number of hydrogen-bond donors (Lipinski definition) is 1. The molecule has 0 fully saturated rings. The van der Waals surface area contributed by atoms with Crippen molar-refractivity contribution < 1.29 is 14.3 Å². The number of aromatic nitrogens is 3. The van der Waals surface area contributed by atoms with Crippen molar-refractivity contribution in [2.45, 2.75) is 6.54 Å². The number of carbonyl (C=O) groups is 1. The Bertz CT molecular complexity index is 961. The molecule has 8 nitrogen and oxygen atoms in total. The Balaban J connectivity index is 1.70. The molecular weight excluding hydrogens is 324 g/mol. The van der Waals surface area contributed by atoms with Crippen molar-refractivity contribution in [2.75, 3.05) is 20.8 Å². The van der Waals surface area contributed by atoms with Crippen LogP contribution in [0, 0.1) is 0 Å². The fourth-order valence-corrected chi connectivity index (χ4v) is 2.48. The van der Waals surface area contributed by atoms with Crippen molar-refractivity contribution in [3.05, 3.63) is 58.6 Å². The largest absolute Gasteiger partial charge is 0.497 e. The summed E-state index contributed by atoms with van der Waals surface area (Å²) >= 11 is 0. The standard InChI is InChI=1S/C17H18N4O4/c1-24-12-6-7-14(25-2)13(11-12)16(22)18-8-10-21-17(23)20-9-4-3-5-15(20)19-21/h3-7,9,11H,8,10H2,1-2H3,(H,18,22). The Labute approximate surface area is 143 Å². The lowest BCUT2D eigenvalue weighted by atomic mass is 10.1. The third-order valence-electron chi connectivity index (χ3n) is 3.75. The predicted molar refractivity (Wildman–Crippen MR) is 91.3 cm³/mol. The van der Waals surface area contributed by atoms with Crippen LogP contribution in [-0.2, 0) is 6.54 Å². The van der Waals surface area contributed by atoms with E-state index < -0.39 is 0 Å². The summed E-state index contributed by atoms with van der Waals surface area (Å²) in [6.07, 6.45) is 1.65. The van der Waals surface area contributed by atoms with E-state index in [1.54, 1.807) is 36.5 Å². The third kappa shape index (κ3) is 3.32. The summed E-state index contributed by atoms with van der Waals surface area (Å²) in [4.78, 5) is 24.6. The molecule has 25 heavy (non-hydrogen) atoms. The van der Waals surface area contributed by atoms with Crippen LogP contribution in [0.1, 0.15) is 10.4 Å². The van der Waals surface area contributed by atoms with E-state index in [9.17, 15) is 9.59 Å². The second-order valence-electron chi connectivity index (χ2n) is 5.26. The number of benzene rings is 1. The number of ether oxygens (including phenoxy) is 2. The molecule has 130 valence electrons. The Morgan fingerprint density at radius 3 is 2.76 bits per heavy atom. The van der Waals surface area contributed by atoms with Gasteiger partial charge in [-0.05, 0) is 30.3 Å². The van der Waals surface area contributed by atoms with Crippen LogP contribution in [0.15, 0.2) is 47.4 Å². The SMILES string of the molecule is COc1ccc(OC)c(C(=O)NCCn2nc3ccccn3c2=O)c1. The number of carbonyl (C=O) groups excluding carboxylic acids is 1. The van der Waals surface area contributed by atoms with Crippen molar-refractivity contribution in [3.63, 3.8) is 0 Å². The molecular formula is C17H18N4O4. The average Bonchev–Trinajstić information content (AvgIpc) is 2.97. The second kappa shape index (κ2) is 7.08. The van der Waals surface area contributed by atoms with Crippen LogP contribution in [0.5, 0.6) is 11.5 Å². The number of methoxy groups -OCH3 is 2. The van der Waals surface area contributed by atoms with Gasteiger partial charge < -0.3 is 14.8 Å². The first kappa shape index (κ1) is 16.6. The maximum Gasteiger partial charge on any atom is 0.350 e. The Morgan fingerprint density at radius 2 is 2.04 bits per heavy atom. The zero-order chi connectivity index (χ0) is 17.8. The summed E-state index contributed by atoms with van der Waals surface area (Å²) in [5, 5.41) is 6.98. The summed E-state index contributed by atoms with van der Waals surface area (Å²) in [6, 6.07) is 10.3. The molecule has 0 aliphatic carbocycles. The molecule has 0 aliphatic heterocycles. The molecule has 0 saturated carbocycles. The molecule has 3 aromatic rings. The fourth-order valence-electron chi connectivity index (χ4n) is 2.48. The van der Waals surface area contributed by atoms with Crippen LogP contribution in [0.4, 0.5) is 0 Å². The lowest BCUT2D eigenvalue weighted by Gasteiger charge is -2.10. The lowest BCUT2D eigenvalue weighted by Crippen LogP contribution is -2.31. The highest BCUT2D eigenvalue weighted by molar-refractivity contribution is 5.97. The normalized spacial score (nSPS) is 10.6. The number of nitrogens with zero attached hydrogens (tertiary/aromatic N) is 3. The molecule has 1 N–H and O–H groups in total. The number of rotatable bonds is 6. The van der Waals surface area contributed by atoms with Gasteiger partial charge in [-0.15, -0.1) is 5.10 Å². The zero-order valence-electron chi connectivity index (χ0n) is 13.9. The van der Waals surface area contributed by atoms with Gasteiger partial charge in [0, 0.05) is 12.7 Å². The highest BCUT2D eigenvalue weighted by atomic mass is 16.5. The van der Waals surface area contributed by atoms with Gasteiger partial charge in [0.05, 0.1) is 26.3 Å². The van der Waals surface area contributed by atoms with Crippen molar-refractivity contribution in [1.82, 2.24) is 19.5 Å². The van der Waals surface area contributed by atoms with Gasteiger partial charge in [-0.1, -0.05) is 6.07 Å². The Hall–Kier alpha value is -3.29. The van der Waals surface area contributed by atoms with Crippen molar-refractivity contribution >= 4 is 11.6 Å². The third-order valence-corrected chi connectivity index (χ3v) is 3.75. The van der Waals surface area contributed by atoms with Gasteiger partial charge in [0.15, 0.2) is 5.65 Å². The van der Waals surface area contributed by atoms with E-state index in [0.717, 1.165) is 0 Å². The highest BCUT2D eigenvalue weighted by Crippen LogP contribution is 2.23. The Kier molecular flexibility index (Phi) is 4.69. The predicted octanol–water partition coefficient (Wildman–Crippen LogP) is 0.943. The molecule has 0 spiro atoms. The van der Waals surface area contributed by atoms with Crippen molar-refractivity contribution in [2.24, 2.45) is 0 Å². The topological polar surface area (TPSA) is 86.9 Å². The molecule has 0 atom stereocenters. The van der Waals surface area contributed by atoms with E-state index in [1.165, 1.54) is 23.3 Å². The van der Waals surface area contributed by atoms with E-state index in [-0.39, 0.29) is 24.7 Å². The second-order valence-corrected chi connectivity index (χ2v) is 5.26. The van der Waals surface area contributed by atoms with Gasteiger partial charge in [0.1, 0.15) is 11.5 Å². The van der Waals surface area contributed by atoms with E-state index in [0.29, 0.717) is 22.7 Å². The molecule has 2 heterocycles. The molecule has 0 aliphatic rings. The van der Waals surface area contributed by atoms with E-state index >= 15 is 0 Å². The van der Waals surface area contributed by atoms with Gasteiger partial charge in [-0.2, -0.15) is 0 Å². The summed E-state index contributed by atoms with van der Waals surface area (Å²) in [5.41, 5.74) is 0.682. The zero-order valence-corrected chi connectivity index (χ0v) is 13.9. The van der Waals surface area contributed by atoms with Crippen LogP contribution in [0.2, 0.25) is 0 Å². The highest BCUT2D eigenvalue weighted by Gasteiger charge is 2.14. The number of fused-ring (bicyclic) bond motifs is 1. The maximum atomic E-state index is 12.4. The van der Waals surface area contributed by atoms with Gasteiger partial charge in [-0.25, -0.2) is 9.48 Å². The number of pyridine rings is 1. The first-order valence-corrected chi connectivity index (χ1v) is 7.68. The van der Waals surface area contributed by atoms with Crippen LogP contribution in [0.25, 0.3) is 5.65 Å². The minimum absolute atomic E-state index is 0.246. The minimum Gasteiger partial charge on any atom is -0.497 e. The van der Waals surface area contributed by atoms with Gasteiger partial charge in [0.25, 0.3) is 5.91 Å². The summed E-state index contributed by atoms with van der Waals surface area (Å²) < 4.78 is 13.1. The molecule has 8 heteroatoms. The molecule has 1 amide bonds. The monoisotopic (exact) mass is 342 g/mol. The van der Waals surface area contributed by atoms with Gasteiger partial charge >= 0.3 is 5.69 Å². The number of hydrogen-bond acceptors (Lipinski definition) is 5. The summed E-state index contributed by atoms with van der Waals surface area (Å²) in [5.74, 6) is 0.693. The van der Waals surface area contributed by atoms with Crippen molar-refractivity contribution in [1.29, 1.82) is 0 Å². The van der Waals surface area contributed by atoms with Crippen molar-refractivity contribution in [3.8, 4) is 11.5 Å². The molecule has 0 bridgehead atoms. The van der Waals surface area contributed by atoms with Gasteiger partial charge in [0.2, 0.25) is 0 Å². The lowest BCUT2D eigenvalue weighted by molar-refractivity contribution is 0.0948. The molecule has 0 radical (unpaired) electrons. The van der Waals surface area contributed by atoms with E-state index in [4.69, 9.17) is 9.47 Å². The van der Waals surface area contributed by atoms with E-state index in [1.807, 2.05) is 6.07 Å². The van der Waals surface area contributed by atoms with Gasteiger partial charge in [-0.3, -0.25) is 9.20 Å². The maximum absolute atomic E-state index is 12.4. The molecule has 0 saturated heterocycles. The molecule has 0 unspecified atom stereocenters. The fraction of sp³-hybridized carbons (Fsp3) is 0.235. The van der Waals surface area contributed by atoms with E-state index in [2.05, 4.69) is 10.4 Å². The van der Waals surface area contributed by atoms with Crippen LogP contribution < -0.4 is 20.5 Å². The summed E-state index contributed by atoms with van der Waals surface area (Å²) in [6.45, 7) is 0.515. The quantitative estimate of drug-likeness (QED) is 0.720. The van der Waals surface area contributed by atoms with Crippen LogP contribution >= 0.6 is 0 Å². The van der Waals surface area contributed by atoms with Crippen LogP contribution in [0.3, 0.4) is 0 Å². The first-order chi connectivity index (χ1) is 12.1. The smallest absolute Gasteiger partial charge is 0.350 e. The Morgan fingerprint density at radius 1 is 1.20 bits per heavy atom. The molecule has 3 rings (SSSR count).